The van der Waals surface area contributed by atoms with Crippen LogP contribution < -0.4 is 11.1 Å². The highest BCUT2D eigenvalue weighted by atomic mass is 127. The van der Waals surface area contributed by atoms with E-state index in [1.165, 1.54) is 0 Å². The minimum Gasteiger partial charge on any atom is -0.368 e. The highest BCUT2D eigenvalue weighted by Crippen LogP contribution is 2.22. The van der Waals surface area contributed by atoms with E-state index in [0.717, 1.165) is 14.7 Å². The first kappa shape index (κ1) is 19.4. The lowest BCUT2D eigenvalue weighted by atomic mass is 9.86. The third-order valence-electron chi connectivity index (χ3n) is 4.04. The average molecular weight is 450 g/mol. The zero-order valence-corrected chi connectivity index (χ0v) is 16.8. The number of nitrogens with one attached hydrogen (secondary N) is 1. The maximum absolute atomic E-state index is 12.5. The van der Waals surface area contributed by atoms with Crippen LogP contribution >= 0.6 is 22.6 Å². The van der Waals surface area contributed by atoms with E-state index in [0.29, 0.717) is 12.0 Å². The Morgan fingerprint density at radius 3 is 2.20 bits per heavy atom. The molecule has 2 rings (SSSR count). The standard InChI is InChI=1S/C20H23IN2O2/c1-20(2,3)15-10-8-13(9-11-15)19(25)23-17(18(22)24)12-14-6-4-5-7-16(14)21/h4-11,17H,12H2,1-3H3,(H2,22,24)(H,23,25)/t17-/m1/s1. The molecule has 0 fully saturated rings. The van der Waals surface area contributed by atoms with Crippen molar-refractivity contribution in [3.8, 4) is 0 Å². The first-order chi connectivity index (χ1) is 11.7. The van der Waals surface area contributed by atoms with Crippen LogP contribution in [0.25, 0.3) is 0 Å². The Kier molecular flexibility index (Phi) is 6.21. The number of hydrogen-bond donors (Lipinski definition) is 2. The highest BCUT2D eigenvalue weighted by molar-refractivity contribution is 14.1. The number of rotatable bonds is 5. The summed E-state index contributed by atoms with van der Waals surface area (Å²) in [5.74, 6) is -0.838. The van der Waals surface area contributed by atoms with Gasteiger partial charge in [-0.25, -0.2) is 0 Å². The number of amides is 2. The van der Waals surface area contributed by atoms with E-state index >= 15 is 0 Å². The summed E-state index contributed by atoms with van der Waals surface area (Å²) < 4.78 is 1.04. The van der Waals surface area contributed by atoms with Crippen LogP contribution in [-0.2, 0) is 16.6 Å². The largest absolute Gasteiger partial charge is 0.368 e. The van der Waals surface area contributed by atoms with Crippen molar-refractivity contribution in [3.63, 3.8) is 0 Å². The lowest BCUT2D eigenvalue weighted by Crippen LogP contribution is -2.46. The van der Waals surface area contributed by atoms with Gasteiger partial charge in [0.15, 0.2) is 0 Å². The molecular formula is C20H23IN2O2. The van der Waals surface area contributed by atoms with E-state index in [1.807, 2.05) is 36.4 Å². The Morgan fingerprint density at radius 1 is 1.08 bits per heavy atom. The molecule has 0 aliphatic heterocycles. The van der Waals surface area contributed by atoms with Gasteiger partial charge in [0, 0.05) is 15.6 Å². The van der Waals surface area contributed by atoms with E-state index in [9.17, 15) is 9.59 Å². The number of primary amides is 1. The molecular weight excluding hydrogens is 427 g/mol. The van der Waals surface area contributed by atoms with Crippen LogP contribution in [-0.4, -0.2) is 17.9 Å². The summed E-state index contributed by atoms with van der Waals surface area (Å²) in [6.45, 7) is 6.35. The molecule has 0 aliphatic carbocycles. The number of benzene rings is 2. The predicted molar refractivity (Wildman–Crippen MR) is 108 cm³/mol. The van der Waals surface area contributed by atoms with Crippen LogP contribution in [0.4, 0.5) is 0 Å². The van der Waals surface area contributed by atoms with Gasteiger partial charge in [0.1, 0.15) is 6.04 Å². The molecule has 3 N–H and O–H groups in total. The minimum absolute atomic E-state index is 0.0226. The molecule has 0 heterocycles. The van der Waals surface area contributed by atoms with E-state index in [-0.39, 0.29) is 11.3 Å². The van der Waals surface area contributed by atoms with Crippen molar-refractivity contribution in [2.24, 2.45) is 5.73 Å². The number of halogens is 1. The smallest absolute Gasteiger partial charge is 0.251 e. The molecule has 4 nitrogen and oxygen atoms in total. The molecule has 2 amide bonds. The second-order valence-electron chi connectivity index (χ2n) is 7.05. The van der Waals surface area contributed by atoms with Crippen molar-refractivity contribution in [1.29, 1.82) is 0 Å². The lowest BCUT2D eigenvalue weighted by Gasteiger charge is -2.20. The van der Waals surface area contributed by atoms with Crippen molar-refractivity contribution in [2.45, 2.75) is 38.6 Å². The summed E-state index contributed by atoms with van der Waals surface area (Å²) in [5, 5.41) is 2.75. The summed E-state index contributed by atoms with van der Waals surface area (Å²) in [6, 6.07) is 14.4. The fourth-order valence-electron chi connectivity index (χ4n) is 2.47. The number of nitrogens with two attached hydrogens (primary N) is 1. The lowest BCUT2D eigenvalue weighted by molar-refractivity contribution is -0.119. The minimum atomic E-state index is -0.745. The number of carbonyl (C=O) groups excluding carboxylic acids is 2. The van der Waals surface area contributed by atoms with Crippen LogP contribution in [0, 0.1) is 3.57 Å². The molecule has 5 heteroatoms. The van der Waals surface area contributed by atoms with Crippen LogP contribution in [0.3, 0.4) is 0 Å². The van der Waals surface area contributed by atoms with Crippen molar-refractivity contribution >= 4 is 34.4 Å². The van der Waals surface area contributed by atoms with Crippen molar-refractivity contribution < 1.29 is 9.59 Å². The Hall–Kier alpha value is -1.89. The van der Waals surface area contributed by atoms with Crippen molar-refractivity contribution in [3.05, 3.63) is 68.8 Å². The zero-order valence-electron chi connectivity index (χ0n) is 14.7. The molecule has 0 aromatic heterocycles. The van der Waals surface area contributed by atoms with E-state index in [2.05, 4.69) is 48.7 Å². The van der Waals surface area contributed by atoms with Gasteiger partial charge in [0.25, 0.3) is 5.91 Å². The molecule has 0 aliphatic rings. The van der Waals surface area contributed by atoms with Crippen LogP contribution in [0.1, 0.15) is 42.3 Å². The third-order valence-corrected chi connectivity index (χ3v) is 5.10. The summed E-state index contributed by atoms with van der Waals surface area (Å²) in [7, 11) is 0. The Labute approximate surface area is 162 Å². The maximum atomic E-state index is 12.5. The third kappa shape index (κ3) is 5.29. The fourth-order valence-corrected chi connectivity index (χ4v) is 3.08. The summed E-state index contributed by atoms with van der Waals surface area (Å²) in [6.07, 6.45) is 0.375. The molecule has 0 saturated heterocycles. The molecule has 0 bridgehead atoms. The molecule has 0 radical (unpaired) electrons. The quantitative estimate of drug-likeness (QED) is 0.686. The topological polar surface area (TPSA) is 72.2 Å². The zero-order chi connectivity index (χ0) is 18.6. The SMILES string of the molecule is CC(C)(C)c1ccc(C(=O)N[C@H](Cc2ccccc2I)C(N)=O)cc1. The molecule has 0 saturated carbocycles. The van der Waals surface area contributed by atoms with Crippen LogP contribution in [0.2, 0.25) is 0 Å². The summed E-state index contributed by atoms with van der Waals surface area (Å²) in [5.41, 5.74) is 8.15. The molecule has 1 atom stereocenters. The van der Waals surface area contributed by atoms with Gasteiger partial charge in [-0.2, -0.15) is 0 Å². The summed E-state index contributed by atoms with van der Waals surface area (Å²) >= 11 is 2.21. The second-order valence-corrected chi connectivity index (χ2v) is 8.21. The number of hydrogen-bond acceptors (Lipinski definition) is 2. The molecule has 2 aromatic rings. The Balaban J connectivity index is 2.13. The molecule has 132 valence electrons. The first-order valence-electron chi connectivity index (χ1n) is 8.12. The predicted octanol–water partition coefficient (Wildman–Crippen LogP) is 3.42. The fraction of sp³-hybridized carbons (Fsp3) is 0.300. The molecule has 0 spiro atoms. The van der Waals surface area contributed by atoms with Gasteiger partial charge in [-0.05, 0) is 57.3 Å². The van der Waals surface area contributed by atoms with E-state index in [4.69, 9.17) is 5.73 Å². The first-order valence-corrected chi connectivity index (χ1v) is 9.20. The molecule has 25 heavy (non-hydrogen) atoms. The van der Waals surface area contributed by atoms with Gasteiger partial charge in [0.2, 0.25) is 5.91 Å². The average Bonchev–Trinajstić information content (AvgIpc) is 2.55. The molecule has 2 aromatic carbocycles. The van der Waals surface area contributed by atoms with Crippen molar-refractivity contribution in [2.75, 3.05) is 0 Å². The van der Waals surface area contributed by atoms with Gasteiger partial charge in [-0.3, -0.25) is 9.59 Å². The van der Waals surface area contributed by atoms with Gasteiger partial charge < -0.3 is 11.1 Å². The van der Waals surface area contributed by atoms with Crippen LogP contribution in [0.15, 0.2) is 48.5 Å². The van der Waals surface area contributed by atoms with Crippen LogP contribution in [0.5, 0.6) is 0 Å². The Bertz CT molecular complexity index is 764. The van der Waals surface area contributed by atoms with Gasteiger partial charge in [0.05, 0.1) is 0 Å². The second kappa shape index (κ2) is 7.99. The molecule has 0 unspecified atom stereocenters. The summed E-state index contributed by atoms with van der Waals surface area (Å²) in [4.78, 5) is 24.2. The monoisotopic (exact) mass is 450 g/mol. The van der Waals surface area contributed by atoms with Gasteiger partial charge >= 0.3 is 0 Å². The van der Waals surface area contributed by atoms with E-state index < -0.39 is 11.9 Å². The van der Waals surface area contributed by atoms with Crippen molar-refractivity contribution in [1.82, 2.24) is 5.32 Å². The van der Waals surface area contributed by atoms with E-state index in [1.54, 1.807) is 12.1 Å². The number of carbonyl (C=O) groups is 2. The van der Waals surface area contributed by atoms with Gasteiger partial charge in [-0.15, -0.1) is 0 Å². The normalized spacial score (nSPS) is 12.5. The maximum Gasteiger partial charge on any atom is 0.251 e. The Morgan fingerprint density at radius 2 is 1.68 bits per heavy atom. The van der Waals surface area contributed by atoms with Gasteiger partial charge in [-0.1, -0.05) is 51.1 Å². The highest BCUT2D eigenvalue weighted by Gasteiger charge is 2.21.